The first-order valence-corrected chi connectivity index (χ1v) is 11.2. The quantitative estimate of drug-likeness (QED) is 0.569. The minimum atomic E-state index is -0.438. The monoisotopic (exact) mass is 442 g/mol. The van der Waals surface area contributed by atoms with Crippen LogP contribution in [-0.4, -0.2) is 52.5 Å². The Morgan fingerprint density at radius 1 is 1.28 bits per heavy atom. The van der Waals surface area contributed by atoms with Gasteiger partial charge < -0.3 is 20.5 Å². The number of carbonyl (C=O) groups excluding carboxylic acids is 2. The smallest absolute Gasteiger partial charge is 0.317 e. The highest BCUT2D eigenvalue weighted by Gasteiger charge is 2.46. The third kappa shape index (κ3) is 4.77. The number of carbonyl (C=O) groups is 2. The van der Waals surface area contributed by atoms with Crippen molar-refractivity contribution in [3.63, 3.8) is 0 Å². The number of halogens is 1. The van der Waals surface area contributed by atoms with E-state index in [0.29, 0.717) is 44.8 Å². The van der Waals surface area contributed by atoms with Crippen molar-refractivity contribution in [1.82, 2.24) is 30.8 Å². The van der Waals surface area contributed by atoms with Crippen molar-refractivity contribution >= 4 is 11.9 Å². The second kappa shape index (κ2) is 9.28. The van der Waals surface area contributed by atoms with Crippen molar-refractivity contribution in [3.05, 3.63) is 53.4 Å². The molecule has 1 aromatic carbocycles. The number of nitrogens with zero attached hydrogens (tertiary/aromatic N) is 2. The Morgan fingerprint density at radius 3 is 2.78 bits per heavy atom. The molecule has 1 saturated heterocycles. The second-order valence-corrected chi connectivity index (χ2v) is 9.13. The summed E-state index contributed by atoms with van der Waals surface area (Å²) in [5, 5.41) is 9.46. The zero-order chi connectivity index (χ0) is 22.7. The third-order valence-electron chi connectivity index (χ3n) is 6.27. The topological polar surface area (TPSA) is 102 Å². The van der Waals surface area contributed by atoms with Crippen molar-refractivity contribution < 1.29 is 14.0 Å². The molecule has 8 nitrogen and oxygen atoms in total. The molecule has 2 aromatic rings. The minimum Gasteiger partial charge on any atom is -0.354 e. The summed E-state index contributed by atoms with van der Waals surface area (Å²) in [6.45, 7) is 6.12. The van der Waals surface area contributed by atoms with Crippen LogP contribution in [0.1, 0.15) is 43.6 Å². The SMILES string of the molecule is CC(C)CNC(=O)[C@@H]1Cc2[nH]cnc2C2(CCN(C(=O)NCc3cccc(F)c3)CC2)N1. The van der Waals surface area contributed by atoms with Crippen LogP contribution in [-0.2, 0) is 23.3 Å². The molecule has 32 heavy (non-hydrogen) atoms. The highest BCUT2D eigenvalue weighted by atomic mass is 19.1. The highest BCUT2D eigenvalue weighted by Crippen LogP contribution is 2.37. The summed E-state index contributed by atoms with van der Waals surface area (Å²) in [6, 6.07) is 5.70. The summed E-state index contributed by atoms with van der Waals surface area (Å²) in [5.74, 6) is 0.0590. The van der Waals surface area contributed by atoms with Gasteiger partial charge in [0.2, 0.25) is 5.91 Å². The summed E-state index contributed by atoms with van der Waals surface area (Å²) in [7, 11) is 0. The number of benzene rings is 1. The van der Waals surface area contributed by atoms with E-state index in [0.717, 1.165) is 17.0 Å². The standard InChI is InChI=1S/C23H31FN6O2/c1-15(2)12-25-21(31)19-11-18-20(28-14-27-18)23(29-19)6-8-30(9-7-23)22(32)26-13-16-4-3-5-17(24)10-16/h3-5,10,14-15,19,29H,6-9,11-13H2,1-2H3,(H,25,31)(H,26,32)(H,27,28)/t19-/m0/s1. The first kappa shape index (κ1) is 22.3. The molecule has 3 heterocycles. The van der Waals surface area contributed by atoms with Crippen LogP contribution < -0.4 is 16.0 Å². The number of imidazole rings is 1. The third-order valence-corrected chi connectivity index (χ3v) is 6.27. The van der Waals surface area contributed by atoms with Crippen LogP contribution >= 0.6 is 0 Å². The van der Waals surface area contributed by atoms with E-state index >= 15 is 0 Å². The maximum absolute atomic E-state index is 13.4. The number of rotatable bonds is 5. The van der Waals surface area contributed by atoms with Crippen LogP contribution in [0.15, 0.2) is 30.6 Å². The number of H-pyrrole nitrogens is 1. The number of likely N-dealkylation sites (tertiary alicyclic amines) is 1. The molecule has 4 rings (SSSR count). The molecule has 0 radical (unpaired) electrons. The first-order valence-electron chi connectivity index (χ1n) is 11.2. The van der Waals surface area contributed by atoms with Gasteiger partial charge in [0.15, 0.2) is 0 Å². The van der Waals surface area contributed by atoms with Gasteiger partial charge in [-0.1, -0.05) is 26.0 Å². The van der Waals surface area contributed by atoms with Gasteiger partial charge in [0.25, 0.3) is 0 Å². The number of hydrogen-bond acceptors (Lipinski definition) is 4. The summed E-state index contributed by atoms with van der Waals surface area (Å²) in [6.07, 6.45) is 3.57. The van der Waals surface area contributed by atoms with E-state index in [-0.39, 0.29) is 30.3 Å². The number of aromatic amines is 1. The summed E-state index contributed by atoms with van der Waals surface area (Å²) >= 11 is 0. The molecule has 1 aromatic heterocycles. The molecular weight excluding hydrogens is 411 g/mol. The number of aromatic nitrogens is 2. The molecule has 9 heteroatoms. The molecule has 4 N–H and O–H groups in total. The van der Waals surface area contributed by atoms with Crippen molar-refractivity contribution in [1.29, 1.82) is 0 Å². The molecule has 0 unspecified atom stereocenters. The largest absolute Gasteiger partial charge is 0.354 e. The van der Waals surface area contributed by atoms with Crippen LogP contribution in [0, 0.1) is 11.7 Å². The lowest BCUT2D eigenvalue weighted by atomic mass is 9.78. The van der Waals surface area contributed by atoms with Gasteiger partial charge in [0, 0.05) is 38.3 Å². The van der Waals surface area contributed by atoms with E-state index in [2.05, 4.69) is 39.8 Å². The fourth-order valence-electron chi connectivity index (χ4n) is 4.54. The Bertz CT molecular complexity index is 967. The summed E-state index contributed by atoms with van der Waals surface area (Å²) in [5.41, 5.74) is 2.21. The normalized spacial score (nSPS) is 19.6. The van der Waals surface area contributed by atoms with E-state index < -0.39 is 5.54 Å². The average Bonchev–Trinajstić information content (AvgIpc) is 3.26. The van der Waals surface area contributed by atoms with Crippen LogP contribution in [0.2, 0.25) is 0 Å². The number of fused-ring (bicyclic) bond motifs is 2. The van der Waals surface area contributed by atoms with E-state index in [4.69, 9.17) is 0 Å². The number of amides is 3. The second-order valence-electron chi connectivity index (χ2n) is 9.13. The van der Waals surface area contributed by atoms with Crippen molar-refractivity contribution in [3.8, 4) is 0 Å². The Balaban J connectivity index is 1.38. The lowest BCUT2D eigenvalue weighted by Crippen LogP contribution is -2.62. The number of urea groups is 1. The summed E-state index contributed by atoms with van der Waals surface area (Å²) in [4.78, 5) is 34.9. The van der Waals surface area contributed by atoms with Crippen molar-refractivity contribution in [2.45, 2.75) is 51.2 Å². The molecule has 1 spiro atoms. The van der Waals surface area contributed by atoms with E-state index in [1.165, 1.54) is 12.1 Å². The lowest BCUT2D eigenvalue weighted by molar-refractivity contribution is -0.124. The molecule has 1 fully saturated rings. The Kier molecular flexibility index (Phi) is 6.45. The van der Waals surface area contributed by atoms with Gasteiger partial charge in [0.05, 0.1) is 23.6 Å². The van der Waals surface area contributed by atoms with Gasteiger partial charge in [0.1, 0.15) is 5.82 Å². The van der Waals surface area contributed by atoms with E-state index in [1.807, 2.05) is 0 Å². The first-order chi connectivity index (χ1) is 15.4. The lowest BCUT2D eigenvalue weighted by Gasteiger charge is -2.46. The zero-order valence-electron chi connectivity index (χ0n) is 18.6. The van der Waals surface area contributed by atoms with Gasteiger partial charge >= 0.3 is 6.03 Å². The molecular formula is C23H31FN6O2. The molecule has 172 valence electrons. The Labute approximate surface area is 187 Å². The van der Waals surface area contributed by atoms with Crippen molar-refractivity contribution in [2.24, 2.45) is 5.92 Å². The summed E-state index contributed by atoms with van der Waals surface area (Å²) < 4.78 is 13.4. The molecule has 2 aliphatic heterocycles. The van der Waals surface area contributed by atoms with Crippen molar-refractivity contribution in [2.75, 3.05) is 19.6 Å². The van der Waals surface area contributed by atoms with Gasteiger partial charge in [-0.2, -0.15) is 0 Å². The van der Waals surface area contributed by atoms with Gasteiger partial charge in [-0.25, -0.2) is 14.2 Å². The number of nitrogens with one attached hydrogen (secondary N) is 4. The fourth-order valence-corrected chi connectivity index (χ4v) is 4.54. The maximum atomic E-state index is 13.4. The maximum Gasteiger partial charge on any atom is 0.317 e. The average molecular weight is 443 g/mol. The van der Waals surface area contributed by atoms with Gasteiger partial charge in [-0.15, -0.1) is 0 Å². The predicted molar refractivity (Wildman–Crippen MR) is 118 cm³/mol. The van der Waals surface area contributed by atoms with Crippen LogP contribution in [0.3, 0.4) is 0 Å². The Morgan fingerprint density at radius 2 is 2.06 bits per heavy atom. The minimum absolute atomic E-state index is 0.00593. The van der Waals surface area contributed by atoms with Crippen LogP contribution in [0.4, 0.5) is 9.18 Å². The molecule has 2 aliphatic rings. The highest BCUT2D eigenvalue weighted by molar-refractivity contribution is 5.82. The van der Waals surface area contributed by atoms with Crippen LogP contribution in [0.5, 0.6) is 0 Å². The van der Waals surface area contributed by atoms with E-state index in [9.17, 15) is 14.0 Å². The number of piperidine rings is 1. The van der Waals surface area contributed by atoms with Gasteiger partial charge in [-0.3, -0.25) is 10.1 Å². The number of hydrogen-bond donors (Lipinski definition) is 4. The molecule has 0 aliphatic carbocycles. The molecule has 3 amide bonds. The van der Waals surface area contributed by atoms with Gasteiger partial charge in [-0.05, 0) is 36.5 Å². The predicted octanol–water partition coefficient (Wildman–Crippen LogP) is 2.04. The fraction of sp³-hybridized carbons (Fsp3) is 0.522. The molecule has 0 bridgehead atoms. The van der Waals surface area contributed by atoms with E-state index in [1.54, 1.807) is 23.4 Å². The Hall–Kier alpha value is -2.94. The molecule has 0 saturated carbocycles. The zero-order valence-corrected chi connectivity index (χ0v) is 18.6. The van der Waals surface area contributed by atoms with Crippen LogP contribution in [0.25, 0.3) is 0 Å². The molecule has 1 atom stereocenters.